The zero-order valence-corrected chi connectivity index (χ0v) is 13.5. The smallest absolute Gasteiger partial charge is 0.164 e. The van der Waals surface area contributed by atoms with Crippen LogP contribution in [0, 0.1) is 13.8 Å². The Bertz CT molecular complexity index is 795. The highest BCUT2D eigenvalue weighted by atomic mass is 79.9. The van der Waals surface area contributed by atoms with Gasteiger partial charge in [0.1, 0.15) is 11.3 Å². The lowest BCUT2D eigenvalue weighted by Crippen LogP contribution is -2.01. The summed E-state index contributed by atoms with van der Waals surface area (Å²) in [5.41, 5.74) is 5.21. The molecule has 0 amide bonds. The summed E-state index contributed by atoms with van der Waals surface area (Å²) in [6.45, 7) is 4.20. The highest BCUT2D eigenvalue weighted by Gasteiger charge is 2.13. The molecule has 0 unspecified atom stereocenters. The summed E-state index contributed by atoms with van der Waals surface area (Å²) < 4.78 is 2.93. The number of hydrogen-bond donors (Lipinski definition) is 0. The van der Waals surface area contributed by atoms with E-state index in [1.807, 2.05) is 10.6 Å². The first-order chi connectivity index (χ1) is 9.60. The fourth-order valence-corrected chi connectivity index (χ4v) is 2.71. The molecule has 0 spiro atoms. The molecule has 0 radical (unpaired) electrons. The highest BCUT2D eigenvalue weighted by Crippen LogP contribution is 2.24. The van der Waals surface area contributed by atoms with Crippen LogP contribution in [-0.2, 0) is 5.88 Å². The van der Waals surface area contributed by atoms with Gasteiger partial charge in [-0.2, -0.15) is 0 Å². The molecule has 2 aromatic heterocycles. The molecule has 0 aliphatic rings. The van der Waals surface area contributed by atoms with Gasteiger partial charge in [-0.1, -0.05) is 6.07 Å². The van der Waals surface area contributed by atoms with Crippen LogP contribution >= 0.6 is 27.5 Å². The van der Waals surface area contributed by atoms with Gasteiger partial charge in [-0.15, -0.1) is 11.6 Å². The molecular weight excluding hydrogens is 338 g/mol. The predicted octanol–water partition coefficient (Wildman–Crippen LogP) is 4.54. The van der Waals surface area contributed by atoms with Crippen molar-refractivity contribution in [2.75, 3.05) is 0 Å². The van der Waals surface area contributed by atoms with E-state index in [0.29, 0.717) is 5.88 Å². The maximum atomic E-state index is 6.04. The molecule has 0 atom stereocenters. The molecule has 0 fully saturated rings. The Kier molecular flexibility index (Phi) is 3.52. The SMILES string of the molecule is Cc1ccc(-n2c(CCl)nc3cc(Br)cnc32)cc1C. The number of benzene rings is 1. The summed E-state index contributed by atoms with van der Waals surface area (Å²) in [5, 5.41) is 0. The second kappa shape index (κ2) is 5.19. The Morgan fingerprint density at radius 2 is 2.00 bits per heavy atom. The quantitative estimate of drug-likeness (QED) is 0.635. The second-order valence-electron chi connectivity index (χ2n) is 4.76. The lowest BCUT2D eigenvalue weighted by atomic mass is 10.1. The van der Waals surface area contributed by atoms with E-state index in [-0.39, 0.29) is 0 Å². The van der Waals surface area contributed by atoms with Crippen molar-refractivity contribution in [3.63, 3.8) is 0 Å². The Hall–Kier alpha value is -1.39. The first kappa shape index (κ1) is 13.6. The van der Waals surface area contributed by atoms with E-state index in [0.717, 1.165) is 27.1 Å². The zero-order valence-electron chi connectivity index (χ0n) is 11.2. The minimum atomic E-state index is 0.348. The van der Waals surface area contributed by atoms with E-state index < -0.39 is 0 Å². The van der Waals surface area contributed by atoms with Gasteiger partial charge in [0.05, 0.1) is 5.88 Å². The van der Waals surface area contributed by atoms with E-state index in [1.165, 1.54) is 11.1 Å². The van der Waals surface area contributed by atoms with Crippen molar-refractivity contribution in [1.82, 2.24) is 14.5 Å². The second-order valence-corrected chi connectivity index (χ2v) is 5.94. The molecular formula is C15H13BrClN3. The number of halogens is 2. The van der Waals surface area contributed by atoms with Gasteiger partial charge in [0.15, 0.2) is 5.65 Å². The number of pyridine rings is 1. The molecule has 0 saturated carbocycles. The van der Waals surface area contributed by atoms with Gasteiger partial charge in [0.25, 0.3) is 0 Å². The van der Waals surface area contributed by atoms with Crippen LogP contribution < -0.4 is 0 Å². The number of hydrogen-bond acceptors (Lipinski definition) is 2. The first-order valence-corrected chi connectivity index (χ1v) is 7.59. The lowest BCUT2D eigenvalue weighted by molar-refractivity contribution is 0.966. The molecule has 0 aliphatic carbocycles. The maximum Gasteiger partial charge on any atom is 0.164 e. The number of imidazole rings is 1. The Balaban J connectivity index is 2.30. The molecule has 102 valence electrons. The molecule has 0 N–H and O–H groups in total. The number of alkyl halides is 1. The average Bonchev–Trinajstić information content (AvgIpc) is 2.79. The van der Waals surface area contributed by atoms with Crippen molar-refractivity contribution in [1.29, 1.82) is 0 Å². The first-order valence-electron chi connectivity index (χ1n) is 6.26. The van der Waals surface area contributed by atoms with Crippen molar-refractivity contribution < 1.29 is 0 Å². The summed E-state index contributed by atoms with van der Waals surface area (Å²) in [4.78, 5) is 9.03. The standard InChI is InChI=1S/C15H13BrClN3/c1-9-3-4-12(5-10(9)2)20-14(7-17)19-13-6-11(16)8-18-15(13)20/h3-6,8H,7H2,1-2H3. The van der Waals surface area contributed by atoms with Gasteiger partial charge in [-0.3, -0.25) is 4.57 Å². The summed E-state index contributed by atoms with van der Waals surface area (Å²) in [6.07, 6.45) is 1.78. The molecule has 0 saturated heterocycles. The summed E-state index contributed by atoms with van der Waals surface area (Å²) in [5.74, 6) is 1.15. The van der Waals surface area contributed by atoms with E-state index in [4.69, 9.17) is 11.6 Å². The number of fused-ring (bicyclic) bond motifs is 1. The summed E-state index contributed by atoms with van der Waals surface area (Å²) in [7, 11) is 0. The largest absolute Gasteiger partial charge is 0.280 e. The molecule has 20 heavy (non-hydrogen) atoms. The third kappa shape index (κ3) is 2.23. The van der Waals surface area contributed by atoms with Gasteiger partial charge in [0, 0.05) is 16.4 Å². The van der Waals surface area contributed by atoms with Crippen molar-refractivity contribution in [2.24, 2.45) is 0 Å². The Morgan fingerprint density at radius 1 is 1.20 bits per heavy atom. The lowest BCUT2D eigenvalue weighted by Gasteiger charge is -2.09. The Labute approximate surface area is 130 Å². The highest BCUT2D eigenvalue weighted by molar-refractivity contribution is 9.10. The van der Waals surface area contributed by atoms with Crippen molar-refractivity contribution in [2.45, 2.75) is 19.7 Å². The number of aromatic nitrogens is 3. The van der Waals surface area contributed by atoms with Gasteiger partial charge < -0.3 is 0 Å². The minimum absolute atomic E-state index is 0.348. The molecule has 2 heterocycles. The fourth-order valence-electron chi connectivity index (χ4n) is 2.21. The number of aryl methyl sites for hydroxylation is 2. The molecule has 3 aromatic rings. The van der Waals surface area contributed by atoms with E-state index in [1.54, 1.807) is 6.20 Å². The van der Waals surface area contributed by atoms with Crippen molar-refractivity contribution in [3.8, 4) is 5.69 Å². The fraction of sp³-hybridized carbons (Fsp3) is 0.200. The molecule has 0 aliphatic heterocycles. The predicted molar refractivity (Wildman–Crippen MR) is 85.6 cm³/mol. The summed E-state index contributed by atoms with van der Waals surface area (Å²) >= 11 is 9.46. The number of nitrogens with zero attached hydrogens (tertiary/aromatic N) is 3. The van der Waals surface area contributed by atoms with Crippen LogP contribution in [0.3, 0.4) is 0 Å². The number of rotatable bonds is 2. The molecule has 3 nitrogen and oxygen atoms in total. The normalized spacial score (nSPS) is 11.2. The molecule has 3 rings (SSSR count). The van der Waals surface area contributed by atoms with Crippen LogP contribution in [0.1, 0.15) is 17.0 Å². The monoisotopic (exact) mass is 349 g/mol. The van der Waals surface area contributed by atoms with Crippen LogP contribution in [0.4, 0.5) is 0 Å². The molecule has 5 heteroatoms. The van der Waals surface area contributed by atoms with E-state index in [2.05, 4.69) is 57.9 Å². The topological polar surface area (TPSA) is 30.7 Å². The average molecular weight is 351 g/mol. The van der Waals surface area contributed by atoms with Gasteiger partial charge in [-0.25, -0.2) is 9.97 Å². The molecule has 1 aromatic carbocycles. The van der Waals surface area contributed by atoms with Crippen LogP contribution in [-0.4, -0.2) is 14.5 Å². The van der Waals surface area contributed by atoms with Crippen LogP contribution in [0.15, 0.2) is 34.9 Å². The Morgan fingerprint density at radius 3 is 2.70 bits per heavy atom. The van der Waals surface area contributed by atoms with Gasteiger partial charge in [0.2, 0.25) is 0 Å². The minimum Gasteiger partial charge on any atom is -0.280 e. The van der Waals surface area contributed by atoms with Crippen LogP contribution in [0.25, 0.3) is 16.9 Å². The van der Waals surface area contributed by atoms with Crippen molar-refractivity contribution >= 4 is 38.7 Å². The maximum absolute atomic E-state index is 6.04. The van der Waals surface area contributed by atoms with E-state index >= 15 is 0 Å². The third-order valence-corrected chi connectivity index (χ3v) is 4.07. The van der Waals surface area contributed by atoms with Gasteiger partial charge >= 0.3 is 0 Å². The van der Waals surface area contributed by atoms with Crippen LogP contribution in [0.5, 0.6) is 0 Å². The van der Waals surface area contributed by atoms with Crippen molar-refractivity contribution in [3.05, 3.63) is 51.9 Å². The summed E-state index contributed by atoms with van der Waals surface area (Å²) in [6, 6.07) is 8.27. The van der Waals surface area contributed by atoms with Gasteiger partial charge in [-0.05, 0) is 59.1 Å². The molecule has 0 bridgehead atoms. The zero-order chi connectivity index (χ0) is 14.3. The van der Waals surface area contributed by atoms with E-state index in [9.17, 15) is 0 Å². The third-order valence-electron chi connectivity index (χ3n) is 3.40. The van der Waals surface area contributed by atoms with Crippen LogP contribution in [0.2, 0.25) is 0 Å².